The molecule has 0 spiro atoms. The average Bonchev–Trinajstić information content (AvgIpc) is 2.16. The quantitative estimate of drug-likeness (QED) is 0.749. The zero-order valence-electron chi connectivity index (χ0n) is 8.58. The highest BCUT2D eigenvalue weighted by Crippen LogP contribution is 2.05. The van der Waals surface area contributed by atoms with E-state index in [-0.39, 0.29) is 5.91 Å². The Morgan fingerprint density at radius 2 is 2.14 bits per heavy atom. The number of benzene rings is 1. The van der Waals surface area contributed by atoms with E-state index >= 15 is 0 Å². The number of rotatable bonds is 3. The number of nitrogens with two attached hydrogens (primary N) is 1. The number of carbonyl (C=O) groups is 1. The van der Waals surface area contributed by atoms with Gasteiger partial charge in [-0.15, -0.1) is 0 Å². The highest BCUT2D eigenvalue weighted by molar-refractivity contribution is 5.80. The van der Waals surface area contributed by atoms with Crippen molar-refractivity contribution in [3.63, 3.8) is 0 Å². The lowest BCUT2D eigenvalue weighted by molar-refractivity contribution is -0.122. The fraction of sp³-hybridized carbons (Fsp3) is 0.364. The molecule has 0 saturated carbocycles. The van der Waals surface area contributed by atoms with Crippen molar-refractivity contribution >= 4 is 5.91 Å². The molecule has 0 bridgehead atoms. The van der Waals surface area contributed by atoms with E-state index in [1.165, 1.54) is 5.56 Å². The van der Waals surface area contributed by atoms with Gasteiger partial charge in [0.15, 0.2) is 0 Å². The lowest BCUT2D eigenvalue weighted by Gasteiger charge is -2.09. The maximum absolute atomic E-state index is 11.2. The summed E-state index contributed by atoms with van der Waals surface area (Å²) >= 11 is 0. The van der Waals surface area contributed by atoms with Crippen molar-refractivity contribution in [2.75, 3.05) is 0 Å². The molecule has 76 valence electrons. The molecule has 3 nitrogen and oxygen atoms in total. The van der Waals surface area contributed by atoms with E-state index in [1.54, 1.807) is 6.92 Å². The number of aryl methyl sites for hydroxylation is 1. The lowest BCUT2D eigenvalue weighted by Crippen LogP contribution is -2.37. The SMILES string of the molecule is Cc1ccccc1CNC(=O)[C@H](C)N. The monoisotopic (exact) mass is 192 g/mol. The van der Waals surface area contributed by atoms with Gasteiger partial charge in [0.2, 0.25) is 5.91 Å². The molecule has 1 aromatic carbocycles. The third kappa shape index (κ3) is 2.85. The zero-order chi connectivity index (χ0) is 10.6. The second-order valence-electron chi connectivity index (χ2n) is 3.43. The van der Waals surface area contributed by atoms with Crippen LogP contribution in [-0.4, -0.2) is 11.9 Å². The second kappa shape index (κ2) is 4.77. The van der Waals surface area contributed by atoms with Crippen LogP contribution in [0.3, 0.4) is 0 Å². The molecule has 0 radical (unpaired) electrons. The van der Waals surface area contributed by atoms with Crippen molar-refractivity contribution in [1.29, 1.82) is 0 Å². The van der Waals surface area contributed by atoms with Gasteiger partial charge >= 0.3 is 0 Å². The van der Waals surface area contributed by atoms with Gasteiger partial charge in [0.1, 0.15) is 0 Å². The Morgan fingerprint density at radius 1 is 1.50 bits per heavy atom. The number of hydrogen-bond acceptors (Lipinski definition) is 2. The minimum Gasteiger partial charge on any atom is -0.351 e. The Hall–Kier alpha value is -1.35. The number of nitrogens with one attached hydrogen (secondary N) is 1. The first-order valence-electron chi connectivity index (χ1n) is 4.69. The molecular formula is C11H16N2O. The van der Waals surface area contributed by atoms with E-state index in [0.29, 0.717) is 6.54 Å². The standard InChI is InChI=1S/C11H16N2O/c1-8-5-3-4-6-10(8)7-13-11(14)9(2)12/h3-6,9H,7,12H2,1-2H3,(H,13,14)/t9-/m0/s1. The predicted octanol–water partition coefficient (Wildman–Crippen LogP) is 0.958. The zero-order valence-corrected chi connectivity index (χ0v) is 8.58. The summed E-state index contributed by atoms with van der Waals surface area (Å²) in [4.78, 5) is 11.2. The summed E-state index contributed by atoms with van der Waals surface area (Å²) in [5.41, 5.74) is 7.73. The van der Waals surface area contributed by atoms with Gasteiger partial charge in [-0.3, -0.25) is 4.79 Å². The smallest absolute Gasteiger partial charge is 0.236 e. The van der Waals surface area contributed by atoms with Crippen molar-refractivity contribution in [1.82, 2.24) is 5.32 Å². The van der Waals surface area contributed by atoms with Gasteiger partial charge in [-0.2, -0.15) is 0 Å². The van der Waals surface area contributed by atoms with Crippen LogP contribution in [0.2, 0.25) is 0 Å². The Bertz CT molecular complexity index is 321. The van der Waals surface area contributed by atoms with Crippen LogP contribution < -0.4 is 11.1 Å². The molecule has 0 fully saturated rings. The van der Waals surface area contributed by atoms with Gasteiger partial charge in [0.25, 0.3) is 0 Å². The molecular weight excluding hydrogens is 176 g/mol. The minimum absolute atomic E-state index is 0.117. The van der Waals surface area contributed by atoms with Gasteiger partial charge in [-0.05, 0) is 25.0 Å². The molecule has 0 unspecified atom stereocenters. The largest absolute Gasteiger partial charge is 0.351 e. The Kier molecular flexibility index (Phi) is 3.65. The van der Waals surface area contributed by atoms with E-state index in [9.17, 15) is 4.79 Å². The van der Waals surface area contributed by atoms with Gasteiger partial charge in [-0.25, -0.2) is 0 Å². The van der Waals surface area contributed by atoms with E-state index < -0.39 is 6.04 Å². The van der Waals surface area contributed by atoms with Crippen LogP contribution in [0.15, 0.2) is 24.3 Å². The molecule has 0 aliphatic rings. The second-order valence-corrected chi connectivity index (χ2v) is 3.43. The van der Waals surface area contributed by atoms with Gasteiger partial charge in [0, 0.05) is 6.54 Å². The van der Waals surface area contributed by atoms with Gasteiger partial charge < -0.3 is 11.1 Å². The molecule has 0 saturated heterocycles. The molecule has 3 N–H and O–H groups in total. The van der Waals surface area contributed by atoms with Crippen LogP contribution in [0.25, 0.3) is 0 Å². The van der Waals surface area contributed by atoms with Gasteiger partial charge in [0.05, 0.1) is 6.04 Å². The van der Waals surface area contributed by atoms with Crippen molar-refractivity contribution in [3.05, 3.63) is 35.4 Å². The van der Waals surface area contributed by atoms with Crippen LogP contribution in [0.4, 0.5) is 0 Å². The van der Waals surface area contributed by atoms with Crippen molar-refractivity contribution < 1.29 is 4.79 Å². The Balaban J connectivity index is 2.54. The number of hydrogen-bond donors (Lipinski definition) is 2. The average molecular weight is 192 g/mol. The lowest BCUT2D eigenvalue weighted by atomic mass is 10.1. The summed E-state index contributed by atoms with van der Waals surface area (Å²) in [7, 11) is 0. The van der Waals surface area contributed by atoms with E-state index in [0.717, 1.165) is 5.56 Å². The van der Waals surface area contributed by atoms with Crippen molar-refractivity contribution in [2.24, 2.45) is 5.73 Å². The molecule has 14 heavy (non-hydrogen) atoms. The summed E-state index contributed by atoms with van der Waals surface area (Å²) in [5, 5.41) is 2.78. The molecule has 0 aliphatic carbocycles. The molecule has 3 heteroatoms. The molecule has 1 amide bonds. The third-order valence-electron chi connectivity index (χ3n) is 2.13. The molecule has 1 atom stereocenters. The van der Waals surface area contributed by atoms with E-state index in [4.69, 9.17) is 5.73 Å². The molecule has 0 aromatic heterocycles. The predicted molar refractivity (Wildman–Crippen MR) is 56.7 cm³/mol. The van der Waals surface area contributed by atoms with Crippen LogP contribution in [0, 0.1) is 6.92 Å². The maximum Gasteiger partial charge on any atom is 0.236 e. The van der Waals surface area contributed by atoms with Crippen LogP contribution >= 0.6 is 0 Å². The van der Waals surface area contributed by atoms with Crippen LogP contribution in [0.5, 0.6) is 0 Å². The fourth-order valence-electron chi connectivity index (χ4n) is 1.15. The number of carbonyl (C=O) groups excluding carboxylic acids is 1. The summed E-state index contributed by atoms with van der Waals surface area (Å²) < 4.78 is 0. The summed E-state index contributed by atoms with van der Waals surface area (Å²) in [6.45, 7) is 4.24. The molecule has 0 heterocycles. The topological polar surface area (TPSA) is 55.1 Å². The molecule has 0 aliphatic heterocycles. The van der Waals surface area contributed by atoms with Crippen LogP contribution in [-0.2, 0) is 11.3 Å². The summed E-state index contributed by atoms with van der Waals surface area (Å²) in [6, 6.07) is 7.51. The highest BCUT2D eigenvalue weighted by Gasteiger charge is 2.06. The normalized spacial score (nSPS) is 12.2. The first-order valence-corrected chi connectivity index (χ1v) is 4.69. The Morgan fingerprint density at radius 3 is 2.71 bits per heavy atom. The number of amides is 1. The summed E-state index contributed by atoms with van der Waals surface area (Å²) in [5.74, 6) is -0.117. The van der Waals surface area contributed by atoms with E-state index in [2.05, 4.69) is 5.32 Å². The van der Waals surface area contributed by atoms with Crippen LogP contribution in [0.1, 0.15) is 18.1 Å². The van der Waals surface area contributed by atoms with Crippen molar-refractivity contribution in [2.45, 2.75) is 26.4 Å². The maximum atomic E-state index is 11.2. The fourth-order valence-corrected chi connectivity index (χ4v) is 1.15. The van der Waals surface area contributed by atoms with Gasteiger partial charge in [-0.1, -0.05) is 24.3 Å². The van der Waals surface area contributed by atoms with Crippen molar-refractivity contribution in [3.8, 4) is 0 Å². The Labute approximate surface area is 84.3 Å². The third-order valence-corrected chi connectivity index (χ3v) is 2.13. The summed E-state index contributed by atoms with van der Waals surface area (Å²) in [6.07, 6.45) is 0. The highest BCUT2D eigenvalue weighted by atomic mass is 16.2. The molecule has 1 rings (SSSR count). The minimum atomic E-state index is -0.445. The first-order chi connectivity index (χ1) is 6.61. The molecule has 1 aromatic rings. The first kappa shape index (κ1) is 10.7. The van der Waals surface area contributed by atoms with E-state index in [1.807, 2.05) is 31.2 Å².